The number of hydrogen-bond donors (Lipinski definition) is 1. The number of unbranched alkanes of at least 4 members (excludes halogenated alkanes) is 1. The Kier molecular flexibility index (Phi) is 5.07. The smallest absolute Gasteiger partial charge is 0.276 e. The van der Waals surface area contributed by atoms with E-state index in [9.17, 15) is 9.59 Å². The lowest BCUT2D eigenvalue weighted by molar-refractivity contribution is -0.105. The van der Waals surface area contributed by atoms with E-state index in [2.05, 4.69) is 10.4 Å². The van der Waals surface area contributed by atoms with Crippen molar-refractivity contribution in [2.45, 2.75) is 64.2 Å². The molecule has 0 radical (unpaired) electrons. The van der Waals surface area contributed by atoms with Gasteiger partial charge in [-0.1, -0.05) is 19.8 Å². The van der Waals surface area contributed by atoms with Gasteiger partial charge in [0, 0.05) is 37.2 Å². The molecule has 2 heterocycles. The molecule has 0 bridgehead atoms. The maximum absolute atomic E-state index is 12.6. The minimum atomic E-state index is -0.542. The van der Waals surface area contributed by atoms with E-state index in [4.69, 9.17) is 9.47 Å². The lowest BCUT2D eigenvalue weighted by Gasteiger charge is -2.31. The summed E-state index contributed by atoms with van der Waals surface area (Å²) < 4.78 is 13.5. The van der Waals surface area contributed by atoms with Crippen LogP contribution in [0.4, 0.5) is 5.69 Å². The van der Waals surface area contributed by atoms with Gasteiger partial charge in [0.25, 0.3) is 17.3 Å². The van der Waals surface area contributed by atoms with Crippen LogP contribution < -0.4 is 20.3 Å². The lowest BCUT2D eigenvalue weighted by Crippen LogP contribution is -2.40. The molecule has 1 aliphatic carbocycles. The molecule has 148 valence electrons. The van der Waals surface area contributed by atoms with Gasteiger partial charge in [0.1, 0.15) is 5.69 Å². The van der Waals surface area contributed by atoms with Crippen LogP contribution >= 0.6 is 0 Å². The molecule has 0 unspecified atom stereocenters. The van der Waals surface area contributed by atoms with Crippen LogP contribution in [-0.4, -0.2) is 21.5 Å². The highest BCUT2D eigenvalue weighted by Gasteiger charge is 2.42. The number of carbonyl (C=O) groups is 1. The number of ether oxygens (including phenoxy) is 2. The third-order valence-electron chi connectivity index (χ3n) is 5.23. The van der Waals surface area contributed by atoms with Crippen LogP contribution in [0.3, 0.4) is 0 Å². The van der Waals surface area contributed by atoms with Crippen LogP contribution in [0, 0.1) is 0 Å². The maximum atomic E-state index is 12.6. The molecule has 7 heteroatoms. The normalized spacial score (nSPS) is 16.9. The minimum Gasteiger partial charge on any atom is -0.448 e. The van der Waals surface area contributed by atoms with E-state index >= 15 is 0 Å². The molecule has 1 N–H and O–H groups in total. The molecule has 28 heavy (non-hydrogen) atoms. The zero-order chi connectivity index (χ0) is 19.6. The maximum Gasteiger partial charge on any atom is 0.276 e. The fourth-order valence-electron chi connectivity index (χ4n) is 3.70. The molecule has 1 amide bonds. The third-order valence-corrected chi connectivity index (χ3v) is 5.23. The number of carbonyl (C=O) groups excluding carboxylic acids is 1. The zero-order valence-corrected chi connectivity index (χ0v) is 16.1. The van der Waals surface area contributed by atoms with Gasteiger partial charge in [-0.05, 0) is 37.5 Å². The van der Waals surface area contributed by atoms with E-state index in [1.54, 1.807) is 12.1 Å². The molecule has 1 aromatic heterocycles. The quantitative estimate of drug-likeness (QED) is 0.851. The molecule has 1 spiro atoms. The summed E-state index contributed by atoms with van der Waals surface area (Å²) in [7, 11) is 0. The largest absolute Gasteiger partial charge is 0.448 e. The third kappa shape index (κ3) is 3.74. The average molecular weight is 383 g/mol. The van der Waals surface area contributed by atoms with E-state index in [-0.39, 0.29) is 17.2 Å². The number of aromatic nitrogens is 2. The molecule has 1 aromatic carbocycles. The second kappa shape index (κ2) is 7.66. The standard InChI is InChI=1S/C21H25N3O4/c1-2-3-13-24-19(25)10-8-16(23-24)20(26)22-15-7-9-17-18(14-15)28-21(27-17)11-5-4-6-12-21/h7-10,14H,2-6,11-13H2,1H3,(H,22,26). The Morgan fingerprint density at radius 1 is 1.14 bits per heavy atom. The summed E-state index contributed by atoms with van der Waals surface area (Å²) in [5, 5.41) is 7.01. The van der Waals surface area contributed by atoms with Gasteiger partial charge in [0.15, 0.2) is 11.5 Å². The Hall–Kier alpha value is -2.83. The van der Waals surface area contributed by atoms with Crippen molar-refractivity contribution in [3.8, 4) is 11.5 Å². The Labute approximate surface area is 163 Å². The highest BCUT2D eigenvalue weighted by Crippen LogP contribution is 2.46. The van der Waals surface area contributed by atoms with Gasteiger partial charge in [-0.25, -0.2) is 4.68 Å². The summed E-state index contributed by atoms with van der Waals surface area (Å²) >= 11 is 0. The minimum absolute atomic E-state index is 0.203. The fourth-order valence-corrected chi connectivity index (χ4v) is 3.70. The predicted molar refractivity (Wildman–Crippen MR) is 105 cm³/mol. The van der Waals surface area contributed by atoms with Crippen molar-refractivity contribution in [2.75, 3.05) is 5.32 Å². The van der Waals surface area contributed by atoms with Crippen LogP contribution in [0.2, 0.25) is 0 Å². The molecule has 2 aromatic rings. The number of benzene rings is 1. The first-order chi connectivity index (χ1) is 13.6. The molecule has 7 nitrogen and oxygen atoms in total. The first-order valence-electron chi connectivity index (χ1n) is 10.0. The van der Waals surface area contributed by atoms with E-state index in [0.717, 1.165) is 38.5 Å². The van der Waals surface area contributed by atoms with Crippen LogP contribution in [0.5, 0.6) is 11.5 Å². The Morgan fingerprint density at radius 3 is 2.71 bits per heavy atom. The van der Waals surface area contributed by atoms with Crippen molar-refractivity contribution < 1.29 is 14.3 Å². The average Bonchev–Trinajstić information content (AvgIpc) is 3.04. The molecule has 2 aliphatic rings. The number of aryl methyl sites for hydroxylation is 1. The van der Waals surface area contributed by atoms with Gasteiger partial charge in [0.2, 0.25) is 0 Å². The highest BCUT2D eigenvalue weighted by atomic mass is 16.7. The number of nitrogens with one attached hydrogen (secondary N) is 1. The summed E-state index contributed by atoms with van der Waals surface area (Å²) in [5.41, 5.74) is 0.608. The van der Waals surface area contributed by atoms with Crippen molar-refractivity contribution in [3.63, 3.8) is 0 Å². The van der Waals surface area contributed by atoms with Crippen LogP contribution in [0.25, 0.3) is 0 Å². The van der Waals surface area contributed by atoms with Crippen molar-refractivity contribution in [1.82, 2.24) is 9.78 Å². The molecular formula is C21H25N3O4. The van der Waals surface area contributed by atoms with E-state index in [0.29, 0.717) is 23.7 Å². The molecule has 1 fully saturated rings. The van der Waals surface area contributed by atoms with Crippen molar-refractivity contribution in [2.24, 2.45) is 0 Å². The fraction of sp³-hybridized carbons (Fsp3) is 0.476. The number of fused-ring (bicyclic) bond motifs is 1. The first-order valence-corrected chi connectivity index (χ1v) is 10.0. The van der Waals surface area contributed by atoms with Crippen LogP contribution in [0.1, 0.15) is 62.4 Å². The zero-order valence-electron chi connectivity index (χ0n) is 16.1. The van der Waals surface area contributed by atoms with Gasteiger partial charge < -0.3 is 14.8 Å². The van der Waals surface area contributed by atoms with Crippen LogP contribution in [0.15, 0.2) is 35.1 Å². The van der Waals surface area contributed by atoms with E-state index in [1.165, 1.54) is 23.2 Å². The number of anilines is 1. The Bertz CT molecular complexity index is 931. The van der Waals surface area contributed by atoms with E-state index < -0.39 is 5.79 Å². The monoisotopic (exact) mass is 383 g/mol. The Balaban J connectivity index is 1.48. The van der Waals surface area contributed by atoms with Gasteiger partial charge in [0.05, 0.1) is 0 Å². The second-order valence-electron chi connectivity index (χ2n) is 7.42. The van der Waals surface area contributed by atoms with Gasteiger partial charge in [-0.2, -0.15) is 5.10 Å². The van der Waals surface area contributed by atoms with Crippen molar-refractivity contribution >= 4 is 11.6 Å². The first kappa shape index (κ1) is 18.5. The lowest BCUT2D eigenvalue weighted by atomic mass is 9.94. The molecule has 0 saturated heterocycles. The molecule has 1 aliphatic heterocycles. The van der Waals surface area contributed by atoms with E-state index in [1.807, 2.05) is 13.0 Å². The predicted octanol–water partition coefficient (Wildman–Crippen LogP) is 3.73. The summed E-state index contributed by atoms with van der Waals surface area (Å²) in [5.74, 6) is 0.461. The van der Waals surface area contributed by atoms with Crippen molar-refractivity contribution in [3.05, 3.63) is 46.4 Å². The number of rotatable bonds is 5. The summed E-state index contributed by atoms with van der Waals surface area (Å²) in [6, 6.07) is 8.22. The summed E-state index contributed by atoms with van der Waals surface area (Å²) in [6.07, 6.45) is 6.94. The molecule has 0 atom stereocenters. The summed E-state index contributed by atoms with van der Waals surface area (Å²) in [4.78, 5) is 24.5. The van der Waals surface area contributed by atoms with Gasteiger partial charge >= 0.3 is 0 Å². The SMILES string of the molecule is CCCCn1nc(C(=O)Nc2ccc3c(c2)OC2(CCCCC2)O3)ccc1=O. The molecular weight excluding hydrogens is 358 g/mol. The summed E-state index contributed by atoms with van der Waals surface area (Å²) in [6.45, 7) is 2.54. The van der Waals surface area contributed by atoms with Gasteiger partial charge in [-0.3, -0.25) is 9.59 Å². The number of hydrogen-bond acceptors (Lipinski definition) is 5. The van der Waals surface area contributed by atoms with Crippen LogP contribution in [-0.2, 0) is 6.54 Å². The highest BCUT2D eigenvalue weighted by molar-refractivity contribution is 6.02. The number of nitrogens with zero attached hydrogens (tertiary/aromatic N) is 2. The van der Waals surface area contributed by atoms with Crippen molar-refractivity contribution in [1.29, 1.82) is 0 Å². The number of amides is 1. The molecule has 1 saturated carbocycles. The molecule has 4 rings (SSSR count). The topological polar surface area (TPSA) is 82.5 Å². The van der Waals surface area contributed by atoms with Gasteiger partial charge in [-0.15, -0.1) is 0 Å². The second-order valence-corrected chi connectivity index (χ2v) is 7.42. The Morgan fingerprint density at radius 2 is 1.93 bits per heavy atom.